The normalized spacial score (nSPS) is 10.8. The van der Waals surface area contributed by atoms with Crippen LogP contribution in [0.1, 0.15) is 32.0 Å². The molecular formula is C24H19NO6. The van der Waals surface area contributed by atoms with Gasteiger partial charge < -0.3 is 18.6 Å². The zero-order chi connectivity index (χ0) is 22.4. The van der Waals surface area contributed by atoms with Crippen LogP contribution in [0.3, 0.4) is 0 Å². The third-order valence-electron chi connectivity index (χ3n) is 4.50. The molecule has 0 unspecified atom stereocenters. The number of carbonyl (C=O) groups is 2. The van der Waals surface area contributed by atoms with Crippen LogP contribution in [-0.2, 0) is 0 Å². The molecular weight excluding hydrogens is 398 g/mol. The van der Waals surface area contributed by atoms with Crippen LogP contribution < -0.4 is 14.2 Å². The van der Waals surface area contributed by atoms with Gasteiger partial charge in [-0.15, -0.1) is 0 Å². The molecule has 0 aliphatic carbocycles. The fraction of sp³-hybridized carbons (Fsp3) is 0.125. The number of rotatable bonds is 7. The Hall–Kier alpha value is -4.31. The largest absolute Gasteiger partial charge is 0.497 e. The number of aryl methyl sites for hydroxylation is 1. The summed E-state index contributed by atoms with van der Waals surface area (Å²) in [5.41, 5.74) is 1.14. The number of ether oxygens (including phenoxy) is 3. The third kappa shape index (κ3) is 4.82. The summed E-state index contributed by atoms with van der Waals surface area (Å²) >= 11 is 0. The predicted molar refractivity (Wildman–Crippen MR) is 112 cm³/mol. The molecule has 2 aromatic carbocycles. The highest BCUT2D eigenvalue weighted by molar-refractivity contribution is 6.14. The highest BCUT2D eigenvalue weighted by Gasteiger charge is 2.17. The minimum Gasteiger partial charge on any atom is -0.497 e. The number of methoxy groups -OCH3 is 2. The maximum Gasteiger partial charge on any atom is 0.343 e. The minimum absolute atomic E-state index is 0.0606. The van der Waals surface area contributed by atoms with E-state index >= 15 is 0 Å². The van der Waals surface area contributed by atoms with Crippen molar-refractivity contribution in [3.63, 3.8) is 0 Å². The number of carbonyl (C=O) groups excluding carboxylic acids is 2. The number of benzene rings is 2. The van der Waals surface area contributed by atoms with E-state index in [1.165, 1.54) is 38.7 Å². The molecule has 0 amide bonds. The lowest BCUT2D eigenvalue weighted by Crippen LogP contribution is -2.09. The van der Waals surface area contributed by atoms with Crippen molar-refractivity contribution in [2.75, 3.05) is 14.2 Å². The number of nitriles is 1. The average Bonchev–Trinajstić information content (AvgIpc) is 3.23. The van der Waals surface area contributed by atoms with Gasteiger partial charge >= 0.3 is 5.97 Å². The number of furan rings is 1. The molecule has 0 radical (unpaired) electrons. The van der Waals surface area contributed by atoms with Crippen LogP contribution in [0.4, 0.5) is 0 Å². The summed E-state index contributed by atoms with van der Waals surface area (Å²) < 4.78 is 21.0. The lowest BCUT2D eigenvalue weighted by Gasteiger charge is -2.10. The Labute approximate surface area is 179 Å². The fourth-order valence-corrected chi connectivity index (χ4v) is 2.83. The van der Waals surface area contributed by atoms with E-state index in [9.17, 15) is 14.9 Å². The van der Waals surface area contributed by atoms with Gasteiger partial charge in [-0.3, -0.25) is 4.79 Å². The molecule has 0 saturated carbocycles. The average molecular weight is 417 g/mol. The number of esters is 1. The molecule has 0 spiro atoms. The van der Waals surface area contributed by atoms with Crippen LogP contribution >= 0.6 is 0 Å². The van der Waals surface area contributed by atoms with Gasteiger partial charge in [0.15, 0.2) is 11.5 Å². The standard InChI is InChI=1S/C24H19NO6/c1-15-20(10-11-30-15)23(26)18(14-25)12-16-4-9-21(22(13-16)29-3)31-24(27)17-5-7-19(28-2)8-6-17/h4-13H,1-3H3/b18-12+. The van der Waals surface area contributed by atoms with Gasteiger partial charge in [0, 0.05) is 0 Å². The second-order valence-electron chi connectivity index (χ2n) is 6.42. The van der Waals surface area contributed by atoms with Crippen molar-refractivity contribution >= 4 is 17.8 Å². The molecule has 0 atom stereocenters. The van der Waals surface area contributed by atoms with Gasteiger partial charge in [0.25, 0.3) is 0 Å². The minimum atomic E-state index is -0.562. The molecule has 0 aliphatic heterocycles. The first kappa shape index (κ1) is 21.4. The summed E-state index contributed by atoms with van der Waals surface area (Å²) in [6.07, 6.45) is 2.83. The van der Waals surface area contributed by atoms with Gasteiger partial charge in [-0.1, -0.05) is 6.07 Å². The van der Waals surface area contributed by atoms with Crippen LogP contribution in [-0.4, -0.2) is 26.0 Å². The maximum atomic E-state index is 12.6. The van der Waals surface area contributed by atoms with Crippen LogP contribution in [0.5, 0.6) is 17.2 Å². The molecule has 7 nitrogen and oxygen atoms in total. The fourth-order valence-electron chi connectivity index (χ4n) is 2.83. The number of hydrogen-bond acceptors (Lipinski definition) is 7. The summed E-state index contributed by atoms with van der Waals surface area (Å²) in [5.74, 6) is 0.536. The first-order chi connectivity index (χ1) is 15.0. The van der Waals surface area contributed by atoms with Crippen LogP contribution in [0.25, 0.3) is 6.08 Å². The summed E-state index contributed by atoms with van der Waals surface area (Å²) in [4.78, 5) is 25.0. The van der Waals surface area contributed by atoms with Crippen molar-refractivity contribution in [3.05, 3.63) is 82.8 Å². The second kappa shape index (κ2) is 9.46. The summed E-state index contributed by atoms with van der Waals surface area (Å²) in [6.45, 7) is 1.65. The molecule has 7 heteroatoms. The summed E-state index contributed by atoms with van der Waals surface area (Å²) in [7, 11) is 2.97. The van der Waals surface area contributed by atoms with Crippen molar-refractivity contribution < 1.29 is 28.2 Å². The van der Waals surface area contributed by atoms with Gasteiger partial charge in [0.1, 0.15) is 23.2 Å². The van der Waals surface area contributed by atoms with Crippen molar-refractivity contribution in [1.29, 1.82) is 5.26 Å². The molecule has 3 rings (SSSR count). The highest BCUT2D eigenvalue weighted by Crippen LogP contribution is 2.30. The molecule has 0 N–H and O–H groups in total. The number of nitrogens with zero attached hydrogens (tertiary/aromatic N) is 1. The van der Waals surface area contributed by atoms with Crippen LogP contribution in [0.15, 0.2) is 64.8 Å². The Kier molecular flexibility index (Phi) is 6.53. The monoisotopic (exact) mass is 417 g/mol. The lowest BCUT2D eigenvalue weighted by atomic mass is 10.0. The Balaban J connectivity index is 1.84. The Morgan fingerprint density at radius 3 is 2.32 bits per heavy atom. The zero-order valence-corrected chi connectivity index (χ0v) is 17.2. The van der Waals surface area contributed by atoms with Crippen molar-refractivity contribution in [3.8, 4) is 23.3 Å². The second-order valence-corrected chi connectivity index (χ2v) is 6.42. The molecule has 0 bridgehead atoms. The van der Waals surface area contributed by atoms with Crippen LogP contribution in [0.2, 0.25) is 0 Å². The van der Waals surface area contributed by atoms with E-state index in [1.54, 1.807) is 43.3 Å². The van der Waals surface area contributed by atoms with Crippen molar-refractivity contribution in [2.24, 2.45) is 0 Å². The first-order valence-corrected chi connectivity index (χ1v) is 9.21. The number of hydrogen-bond donors (Lipinski definition) is 0. The predicted octanol–water partition coefficient (Wildman–Crippen LogP) is 4.61. The molecule has 0 saturated heterocycles. The third-order valence-corrected chi connectivity index (χ3v) is 4.50. The van der Waals surface area contributed by atoms with E-state index in [0.717, 1.165) is 0 Å². The maximum absolute atomic E-state index is 12.6. The number of ketones is 1. The molecule has 3 aromatic rings. The molecule has 31 heavy (non-hydrogen) atoms. The van der Waals surface area contributed by atoms with E-state index in [1.807, 2.05) is 6.07 Å². The van der Waals surface area contributed by atoms with E-state index in [0.29, 0.717) is 28.2 Å². The molecule has 0 fully saturated rings. The smallest absolute Gasteiger partial charge is 0.343 e. The zero-order valence-electron chi connectivity index (χ0n) is 17.2. The SMILES string of the molecule is COc1ccc(C(=O)Oc2ccc(/C=C(\C#N)C(=O)c3ccoc3C)cc2OC)cc1. The lowest BCUT2D eigenvalue weighted by molar-refractivity contribution is 0.0729. The van der Waals surface area contributed by atoms with E-state index in [4.69, 9.17) is 18.6 Å². The summed E-state index contributed by atoms with van der Waals surface area (Å²) in [5, 5.41) is 9.43. The van der Waals surface area contributed by atoms with E-state index in [2.05, 4.69) is 0 Å². The van der Waals surface area contributed by atoms with Gasteiger partial charge in [0.2, 0.25) is 5.78 Å². The topological polar surface area (TPSA) is 98.8 Å². The number of Topliss-reactive ketones (excluding diaryl/α,β-unsaturated/α-hetero) is 1. The van der Waals surface area contributed by atoms with E-state index in [-0.39, 0.29) is 17.1 Å². The van der Waals surface area contributed by atoms with Gasteiger partial charge in [0.05, 0.1) is 31.6 Å². The van der Waals surface area contributed by atoms with Crippen LogP contribution in [0, 0.1) is 18.3 Å². The number of allylic oxidation sites excluding steroid dienone is 1. The molecule has 156 valence electrons. The van der Waals surface area contributed by atoms with Crippen molar-refractivity contribution in [2.45, 2.75) is 6.92 Å². The van der Waals surface area contributed by atoms with Crippen molar-refractivity contribution in [1.82, 2.24) is 0 Å². The highest BCUT2D eigenvalue weighted by atomic mass is 16.6. The van der Waals surface area contributed by atoms with Gasteiger partial charge in [-0.25, -0.2) is 4.79 Å². The summed E-state index contributed by atoms with van der Waals surface area (Å²) in [6, 6.07) is 14.7. The van der Waals surface area contributed by atoms with E-state index < -0.39 is 11.8 Å². The molecule has 1 aromatic heterocycles. The van der Waals surface area contributed by atoms with Gasteiger partial charge in [-0.05, 0) is 61.0 Å². The Morgan fingerprint density at radius 1 is 1.00 bits per heavy atom. The Bertz CT molecular complexity index is 1180. The quantitative estimate of drug-likeness (QED) is 0.182. The molecule has 1 heterocycles. The molecule has 0 aliphatic rings. The Morgan fingerprint density at radius 2 is 1.74 bits per heavy atom. The first-order valence-electron chi connectivity index (χ1n) is 9.21. The van der Waals surface area contributed by atoms with Gasteiger partial charge in [-0.2, -0.15) is 5.26 Å².